The van der Waals surface area contributed by atoms with Gasteiger partial charge in [-0.05, 0) is 47.4 Å². The molecule has 1 aromatic heterocycles. The fraction of sp³-hybridized carbons (Fsp3) is 0.462. The zero-order valence-electron chi connectivity index (χ0n) is 12.5. The van der Waals surface area contributed by atoms with Crippen LogP contribution >= 0.6 is 11.6 Å². The Labute approximate surface area is 139 Å². The maximum absolute atomic E-state index is 8.58. The molecule has 0 amide bonds. The molecule has 0 saturated carbocycles. The molecule has 0 fully saturated rings. The Balaban J connectivity index is 1.85. The van der Waals surface area contributed by atoms with E-state index in [4.69, 9.17) is 27.4 Å². The predicted octanol–water partition coefficient (Wildman–Crippen LogP) is 0.531. The molecule has 10 heteroatoms. The monoisotopic (exact) mass is 339 g/mol. The first kappa shape index (κ1) is 17.8. The Morgan fingerprint density at radius 1 is 1.26 bits per heavy atom. The van der Waals surface area contributed by atoms with Gasteiger partial charge in [0.15, 0.2) is 5.82 Å². The first-order valence-electron chi connectivity index (χ1n) is 7.30. The van der Waals surface area contributed by atoms with Crippen LogP contribution in [0, 0.1) is 0 Å². The van der Waals surface area contributed by atoms with Crippen LogP contribution in [0.4, 0.5) is 0 Å². The van der Waals surface area contributed by atoms with Crippen molar-refractivity contribution in [2.75, 3.05) is 6.61 Å². The van der Waals surface area contributed by atoms with Gasteiger partial charge in [0.2, 0.25) is 0 Å². The number of benzene rings is 1. The number of nitrogens with zero attached hydrogens (tertiary/aromatic N) is 4. The van der Waals surface area contributed by atoms with E-state index < -0.39 is 7.32 Å². The summed E-state index contributed by atoms with van der Waals surface area (Å²) in [6.07, 6.45) is 2.11. The van der Waals surface area contributed by atoms with Crippen LogP contribution < -0.4 is 5.73 Å². The van der Waals surface area contributed by atoms with Crippen molar-refractivity contribution in [2.24, 2.45) is 5.73 Å². The smallest absolute Gasteiger partial charge is 0.402 e. The maximum atomic E-state index is 8.58. The van der Waals surface area contributed by atoms with Crippen LogP contribution in [-0.4, -0.2) is 44.2 Å². The summed E-state index contributed by atoms with van der Waals surface area (Å²) in [5.41, 5.74) is 7.16. The number of rotatable bonds is 9. The highest BCUT2D eigenvalue weighted by molar-refractivity contribution is 6.32. The summed E-state index contributed by atoms with van der Waals surface area (Å²) in [6.45, 7) is 0.785. The molecule has 124 valence electrons. The molecule has 0 bridgehead atoms. The number of halogens is 1. The number of hydrogen-bond acceptors (Lipinski definition) is 7. The minimum atomic E-state index is -1.73. The van der Waals surface area contributed by atoms with Gasteiger partial charge in [-0.1, -0.05) is 23.7 Å². The third kappa shape index (κ3) is 5.89. The zero-order valence-corrected chi connectivity index (χ0v) is 13.3. The average Bonchev–Trinajstić information content (AvgIpc) is 2.97. The minimum absolute atomic E-state index is 0.264. The van der Waals surface area contributed by atoms with E-state index in [-0.39, 0.29) is 12.6 Å². The van der Waals surface area contributed by atoms with Crippen LogP contribution in [-0.2, 0) is 11.2 Å². The van der Waals surface area contributed by atoms with Crippen LogP contribution in [0.5, 0.6) is 0 Å². The quantitative estimate of drug-likeness (QED) is 0.450. The normalized spacial score (nSPS) is 12.3. The first-order valence-corrected chi connectivity index (χ1v) is 7.68. The SMILES string of the molecule is NC(CCCCOB(O)O)c1nnnn1Cc1ccc(Cl)cc1. The van der Waals surface area contributed by atoms with Gasteiger partial charge in [-0.2, -0.15) is 0 Å². The number of nitrogens with two attached hydrogens (primary N) is 1. The van der Waals surface area contributed by atoms with Crippen molar-refractivity contribution < 1.29 is 14.7 Å². The van der Waals surface area contributed by atoms with Crippen molar-refractivity contribution in [3.63, 3.8) is 0 Å². The van der Waals surface area contributed by atoms with E-state index in [0.29, 0.717) is 30.2 Å². The molecule has 1 aromatic carbocycles. The van der Waals surface area contributed by atoms with Gasteiger partial charge >= 0.3 is 7.32 Å². The Morgan fingerprint density at radius 2 is 2.00 bits per heavy atom. The van der Waals surface area contributed by atoms with Crippen molar-refractivity contribution in [1.82, 2.24) is 20.2 Å². The Morgan fingerprint density at radius 3 is 2.70 bits per heavy atom. The van der Waals surface area contributed by atoms with Crippen molar-refractivity contribution >= 4 is 18.9 Å². The molecule has 1 atom stereocenters. The van der Waals surface area contributed by atoms with Gasteiger partial charge in [-0.15, -0.1) is 5.10 Å². The van der Waals surface area contributed by atoms with Gasteiger partial charge in [0.1, 0.15) is 0 Å². The summed E-state index contributed by atoms with van der Waals surface area (Å²) in [4.78, 5) is 0. The second-order valence-electron chi connectivity index (χ2n) is 5.12. The predicted molar refractivity (Wildman–Crippen MR) is 85.3 cm³/mol. The molecule has 1 heterocycles. The lowest BCUT2D eigenvalue weighted by atomic mass is 10.1. The van der Waals surface area contributed by atoms with Gasteiger partial charge in [-0.25, -0.2) is 4.68 Å². The van der Waals surface area contributed by atoms with Crippen LogP contribution in [0.1, 0.15) is 36.7 Å². The lowest BCUT2D eigenvalue weighted by Gasteiger charge is -2.12. The Hall–Kier alpha value is -1.52. The number of unbranched alkanes of at least 4 members (excludes halogenated alkanes) is 1. The van der Waals surface area contributed by atoms with Crippen molar-refractivity contribution in [2.45, 2.75) is 31.8 Å². The molecular weight excluding hydrogens is 320 g/mol. The fourth-order valence-corrected chi connectivity index (χ4v) is 2.26. The number of tetrazole rings is 1. The summed E-state index contributed by atoms with van der Waals surface area (Å²) >= 11 is 5.87. The van der Waals surface area contributed by atoms with E-state index in [1.807, 2.05) is 24.3 Å². The fourth-order valence-electron chi connectivity index (χ4n) is 2.14. The third-order valence-corrected chi connectivity index (χ3v) is 3.57. The first-order chi connectivity index (χ1) is 11.1. The van der Waals surface area contributed by atoms with E-state index >= 15 is 0 Å². The Kier molecular flexibility index (Phi) is 6.94. The summed E-state index contributed by atoms with van der Waals surface area (Å²) in [7, 11) is -1.73. The van der Waals surface area contributed by atoms with Crippen LogP contribution in [0.15, 0.2) is 24.3 Å². The summed E-state index contributed by atoms with van der Waals surface area (Å²) in [5, 5.41) is 29.5. The molecule has 2 aromatic rings. The zero-order chi connectivity index (χ0) is 16.7. The molecule has 0 radical (unpaired) electrons. The topological polar surface area (TPSA) is 119 Å². The van der Waals surface area contributed by atoms with Crippen molar-refractivity contribution in [3.05, 3.63) is 40.7 Å². The van der Waals surface area contributed by atoms with Gasteiger partial charge in [-0.3, -0.25) is 0 Å². The molecule has 0 saturated heterocycles. The number of aromatic nitrogens is 4. The molecular formula is C13H19BClN5O3. The molecule has 1 unspecified atom stereocenters. The average molecular weight is 340 g/mol. The van der Waals surface area contributed by atoms with Crippen LogP contribution in [0.3, 0.4) is 0 Å². The van der Waals surface area contributed by atoms with E-state index in [0.717, 1.165) is 12.0 Å². The molecule has 0 aliphatic carbocycles. The lowest BCUT2D eigenvalue weighted by Crippen LogP contribution is -2.19. The standard InChI is InChI=1S/C13H19BClN5O3/c15-11-6-4-10(5-7-11)9-20-13(17-18-19-20)12(16)3-1-2-8-23-14(21)22/h4-7,12,21-22H,1-3,8-9,16H2. The minimum Gasteiger partial charge on any atom is -0.402 e. The molecule has 0 aliphatic heterocycles. The second-order valence-corrected chi connectivity index (χ2v) is 5.56. The van der Waals surface area contributed by atoms with E-state index in [1.54, 1.807) is 4.68 Å². The maximum Gasteiger partial charge on any atom is 0.633 e. The van der Waals surface area contributed by atoms with Gasteiger partial charge in [0.25, 0.3) is 0 Å². The lowest BCUT2D eigenvalue weighted by molar-refractivity contribution is 0.181. The highest BCUT2D eigenvalue weighted by atomic mass is 35.5. The number of hydrogen-bond donors (Lipinski definition) is 3. The van der Waals surface area contributed by atoms with Crippen LogP contribution in [0.2, 0.25) is 5.02 Å². The van der Waals surface area contributed by atoms with E-state index in [1.165, 1.54) is 0 Å². The summed E-state index contributed by atoms with van der Waals surface area (Å²) < 4.78 is 6.31. The van der Waals surface area contributed by atoms with E-state index in [2.05, 4.69) is 20.2 Å². The largest absolute Gasteiger partial charge is 0.633 e. The highest BCUT2D eigenvalue weighted by Gasteiger charge is 2.15. The van der Waals surface area contributed by atoms with Gasteiger partial charge in [0, 0.05) is 11.6 Å². The van der Waals surface area contributed by atoms with Gasteiger partial charge < -0.3 is 20.4 Å². The summed E-state index contributed by atoms with van der Waals surface area (Å²) in [6, 6.07) is 7.16. The molecule has 23 heavy (non-hydrogen) atoms. The molecule has 0 aliphatic rings. The second kappa shape index (κ2) is 8.95. The van der Waals surface area contributed by atoms with Crippen molar-refractivity contribution in [3.8, 4) is 0 Å². The van der Waals surface area contributed by atoms with Crippen LogP contribution in [0.25, 0.3) is 0 Å². The van der Waals surface area contributed by atoms with E-state index in [9.17, 15) is 0 Å². The Bertz CT molecular complexity index is 596. The van der Waals surface area contributed by atoms with Gasteiger partial charge in [0.05, 0.1) is 12.6 Å². The molecule has 4 N–H and O–H groups in total. The third-order valence-electron chi connectivity index (χ3n) is 3.31. The molecule has 2 rings (SSSR count). The highest BCUT2D eigenvalue weighted by Crippen LogP contribution is 2.16. The molecule has 0 spiro atoms. The summed E-state index contributed by atoms with van der Waals surface area (Å²) in [5.74, 6) is 0.614. The van der Waals surface area contributed by atoms with Crippen molar-refractivity contribution in [1.29, 1.82) is 0 Å². The molecule has 8 nitrogen and oxygen atoms in total.